The molecular formula is C9H10F3NO. The van der Waals surface area contributed by atoms with Gasteiger partial charge in [-0.05, 0) is 18.1 Å². The van der Waals surface area contributed by atoms with Crippen LogP contribution in [0.25, 0.3) is 0 Å². The molecule has 0 aromatic carbocycles. The van der Waals surface area contributed by atoms with E-state index in [-0.39, 0.29) is 5.88 Å². The third kappa shape index (κ3) is 3.64. The number of pyridine rings is 1. The molecule has 2 nitrogen and oxygen atoms in total. The Hall–Kier alpha value is -1.26. The first-order chi connectivity index (χ1) is 6.51. The van der Waals surface area contributed by atoms with E-state index >= 15 is 0 Å². The van der Waals surface area contributed by atoms with Gasteiger partial charge in [-0.1, -0.05) is 6.92 Å². The molecule has 0 fully saturated rings. The minimum absolute atomic E-state index is 0.0154. The summed E-state index contributed by atoms with van der Waals surface area (Å²) in [5.41, 5.74) is 0.900. The van der Waals surface area contributed by atoms with Gasteiger partial charge in [0.05, 0.1) is 0 Å². The van der Waals surface area contributed by atoms with E-state index in [9.17, 15) is 13.2 Å². The highest BCUT2D eigenvalue weighted by Gasteiger charge is 2.28. The van der Waals surface area contributed by atoms with E-state index in [1.165, 1.54) is 12.3 Å². The Morgan fingerprint density at radius 1 is 1.43 bits per heavy atom. The summed E-state index contributed by atoms with van der Waals surface area (Å²) in [7, 11) is 0. The molecular weight excluding hydrogens is 195 g/mol. The Kier molecular flexibility index (Phi) is 3.33. The van der Waals surface area contributed by atoms with Gasteiger partial charge in [0.25, 0.3) is 0 Å². The van der Waals surface area contributed by atoms with Crippen molar-refractivity contribution in [1.82, 2.24) is 4.98 Å². The molecule has 0 aliphatic carbocycles. The van der Waals surface area contributed by atoms with E-state index in [1.807, 2.05) is 6.92 Å². The molecule has 0 saturated carbocycles. The van der Waals surface area contributed by atoms with E-state index in [2.05, 4.69) is 9.72 Å². The van der Waals surface area contributed by atoms with Gasteiger partial charge in [0.2, 0.25) is 5.88 Å². The van der Waals surface area contributed by atoms with Crippen LogP contribution in [0.15, 0.2) is 18.3 Å². The standard InChI is InChI=1S/C9H10F3NO/c1-2-7-3-4-13-8(5-7)14-6-9(10,11)12/h3-5H,2,6H2,1H3. The lowest BCUT2D eigenvalue weighted by Crippen LogP contribution is -2.19. The second-order valence-corrected chi connectivity index (χ2v) is 2.76. The number of halogens is 3. The van der Waals surface area contributed by atoms with Gasteiger partial charge in [-0.3, -0.25) is 0 Å². The number of ether oxygens (including phenoxy) is 1. The highest BCUT2D eigenvalue weighted by atomic mass is 19.4. The first-order valence-corrected chi connectivity index (χ1v) is 4.16. The van der Waals surface area contributed by atoms with Gasteiger partial charge in [0.15, 0.2) is 6.61 Å². The lowest BCUT2D eigenvalue weighted by atomic mass is 10.2. The van der Waals surface area contributed by atoms with Crippen LogP contribution in [0.1, 0.15) is 12.5 Å². The fraction of sp³-hybridized carbons (Fsp3) is 0.444. The molecule has 0 radical (unpaired) electrons. The second-order valence-electron chi connectivity index (χ2n) is 2.76. The van der Waals surface area contributed by atoms with E-state index in [0.717, 1.165) is 12.0 Å². The first-order valence-electron chi connectivity index (χ1n) is 4.16. The normalized spacial score (nSPS) is 11.4. The molecule has 1 heterocycles. The average molecular weight is 205 g/mol. The van der Waals surface area contributed by atoms with Gasteiger partial charge in [0, 0.05) is 12.3 Å². The van der Waals surface area contributed by atoms with Crippen LogP contribution in [0.4, 0.5) is 13.2 Å². The average Bonchev–Trinajstić information content (AvgIpc) is 2.14. The van der Waals surface area contributed by atoms with Crippen LogP contribution in [0.5, 0.6) is 5.88 Å². The van der Waals surface area contributed by atoms with Crippen molar-refractivity contribution in [3.05, 3.63) is 23.9 Å². The highest BCUT2D eigenvalue weighted by Crippen LogP contribution is 2.17. The number of alkyl halides is 3. The van der Waals surface area contributed by atoms with Crippen molar-refractivity contribution in [3.8, 4) is 5.88 Å². The Labute approximate surface area is 79.7 Å². The van der Waals surface area contributed by atoms with Crippen molar-refractivity contribution >= 4 is 0 Å². The van der Waals surface area contributed by atoms with E-state index in [1.54, 1.807) is 6.07 Å². The Balaban J connectivity index is 2.59. The zero-order valence-electron chi connectivity index (χ0n) is 7.64. The van der Waals surface area contributed by atoms with Crippen LogP contribution in [0.3, 0.4) is 0 Å². The quantitative estimate of drug-likeness (QED) is 0.756. The van der Waals surface area contributed by atoms with E-state index in [0.29, 0.717) is 0 Å². The van der Waals surface area contributed by atoms with Gasteiger partial charge in [-0.2, -0.15) is 13.2 Å². The van der Waals surface area contributed by atoms with Gasteiger partial charge < -0.3 is 4.74 Å². The molecule has 0 unspecified atom stereocenters. The Morgan fingerprint density at radius 3 is 2.71 bits per heavy atom. The maximum atomic E-state index is 11.8. The maximum Gasteiger partial charge on any atom is 0.422 e. The van der Waals surface area contributed by atoms with E-state index in [4.69, 9.17) is 0 Å². The van der Waals surface area contributed by atoms with Crippen molar-refractivity contribution in [2.24, 2.45) is 0 Å². The molecule has 1 aromatic heterocycles. The van der Waals surface area contributed by atoms with Crippen LogP contribution in [-0.4, -0.2) is 17.8 Å². The van der Waals surface area contributed by atoms with Crippen LogP contribution in [0.2, 0.25) is 0 Å². The third-order valence-corrected chi connectivity index (χ3v) is 1.59. The Bertz CT molecular complexity index is 298. The van der Waals surface area contributed by atoms with Crippen molar-refractivity contribution in [1.29, 1.82) is 0 Å². The van der Waals surface area contributed by atoms with Crippen molar-refractivity contribution in [3.63, 3.8) is 0 Å². The SMILES string of the molecule is CCc1ccnc(OCC(F)(F)F)c1. The molecule has 0 amide bonds. The predicted molar refractivity (Wildman–Crippen MR) is 45.2 cm³/mol. The number of hydrogen-bond donors (Lipinski definition) is 0. The summed E-state index contributed by atoms with van der Waals surface area (Å²) >= 11 is 0. The molecule has 0 aliphatic heterocycles. The molecule has 14 heavy (non-hydrogen) atoms. The molecule has 0 atom stereocenters. The summed E-state index contributed by atoms with van der Waals surface area (Å²) in [6.07, 6.45) is -2.14. The summed E-state index contributed by atoms with van der Waals surface area (Å²) in [5.74, 6) is 0.0154. The topological polar surface area (TPSA) is 22.1 Å². The second kappa shape index (κ2) is 4.30. The summed E-state index contributed by atoms with van der Waals surface area (Å²) in [6.45, 7) is 0.607. The molecule has 0 saturated heterocycles. The number of rotatable bonds is 3. The summed E-state index contributed by atoms with van der Waals surface area (Å²) in [6, 6.07) is 3.24. The van der Waals surface area contributed by atoms with Gasteiger partial charge in [-0.15, -0.1) is 0 Å². The lowest BCUT2D eigenvalue weighted by molar-refractivity contribution is -0.154. The minimum atomic E-state index is -4.32. The molecule has 0 aliphatic rings. The molecule has 78 valence electrons. The molecule has 0 spiro atoms. The zero-order valence-corrected chi connectivity index (χ0v) is 7.64. The number of aromatic nitrogens is 1. The van der Waals surface area contributed by atoms with Crippen molar-refractivity contribution in [2.75, 3.05) is 6.61 Å². The van der Waals surface area contributed by atoms with Crippen LogP contribution >= 0.6 is 0 Å². The number of aryl methyl sites for hydroxylation is 1. The third-order valence-electron chi connectivity index (χ3n) is 1.59. The van der Waals surface area contributed by atoms with Crippen LogP contribution in [0, 0.1) is 0 Å². The molecule has 0 N–H and O–H groups in total. The smallest absolute Gasteiger partial charge is 0.422 e. The molecule has 0 bridgehead atoms. The van der Waals surface area contributed by atoms with Crippen molar-refractivity contribution < 1.29 is 17.9 Å². The highest BCUT2D eigenvalue weighted by molar-refractivity contribution is 5.20. The van der Waals surface area contributed by atoms with Crippen LogP contribution < -0.4 is 4.74 Å². The van der Waals surface area contributed by atoms with E-state index < -0.39 is 12.8 Å². The lowest BCUT2D eigenvalue weighted by Gasteiger charge is -2.08. The van der Waals surface area contributed by atoms with Crippen molar-refractivity contribution in [2.45, 2.75) is 19.5 Å². The summed E-state index contributed by atoms with van der Waals surface area (Å²) < 4.78 is 39.8. The first kappa shape index (κ1) is 10.8. The maximum absolute atomic E-state index is 11.8. The zero-order chi connectivity index (χ0) is 10.6. The Morgan fingerprint density at radius 2 is 2.14 bits per heavy atom. The molecule has 1 rings (SSSR count). The largest absolute Gasteiger partial charge is 0.468 e. The minimum Gasteiger partial charge on any atom is -0.468 e. The van der Waals surface area contributed by atoms with Gasteiger partial charge in [-0.25, -0.2) is 4.98 Å². The fourth-order valence-electron chi connectivity index (χ4n) is 0.905. The molecule has 5 heteroatoms. The summed E-state index contributed by atoms with van der Waals surface area (Å²) in [4.78, 5) is 3.67. The molecule has 1 aromatic rings. The van der Waals surface area contributed by atoms with Crippen LogP contribution in [-0.2, 0) is 6.42 Å². The predicted octanol–water partition coefficient (Wildman–Crippen LogP) is 2.59. The number of hydrogen-bond acceptors (Lipinski definition) is 2. The van der Waals surface area contributed by atoms with Gasteiger partial charge >= 0.3 is 6.18 Å². The number of nitrogens with zero attached hydrogens (tertiary/aromatic N) is 1. The monoisotopic (exact) mass is 205 g/mol. The fourth-order valence-corrected chi connectivity index (χ4v) is 0.905. The van der Waals surface area contributed by atoms with Gasteiger partial charge in [0.1, 0.15) is 0 Å². The summed E-state index contributed by atoms with van der Waals surface area (Å²) in [5, 5.41) is 0.